The first kappa shape index (κ1) is 8.55. The Balaban J connectivity index is 2.26. The first-order chi connectivity index (χ1) is 5.22. The average Bonchev–Trinajstić information content (AvgIpc) is 2.34. The second-order valence-corrected chi connectivity index (χ2v) is 3.80. The second-order valence-electron chi connectivity index (χ2n) is 3.80. The molecule has 2 nitrogen and oxygen atoms in total. The van der Waals surface area contributed by atoms with E-state index in [1.165, 1.54) is 6.42 Å². The summed E-state index contributed by atoms with van der Waals surface area (Å²) < 4.78 is 0. The van der Waals surface area contributed by atoms with Gasteiger partial charge in [0.05, 0.1) is 12.0 Å². The summed E-state index contributed by atoms with van der Waals surface area (Å²) in [7, 11) is 0. The second kappa shape index (κ2) is 3.73. The van der Waals surface area contributed by atoms with Crippen molar-refractivity contribution < 1.29 is 0 Å². The molecule has 0 aromatic rings. The van der Waals surface area contributed by atoms with Crippen LogP contribution in [-0.2, 0) is 0 Å². The molecule has 0 bridgehead atoms. The molecule has 2 atom stereocenters. The van der Waals surface area contributed by atoms with Crippen molar-refractivity contribution in [3.63, 3.8) is 0 Å². The van der Waals surface area contributed by atoms with Gasteiger partial charge in [0.15, 0.2) is 0 Å². The Morgan fingerprint density at radius 2 is 2.36 bits per heavy atom. The summed E-state index contributed by atoms with van der Waals surface area (Å²) in [6.45, 7) is 5.34. The molecule has 1 aliphatic rings. The molecule has 62 valence electrons. The van der Waals surface area contributed by atoms with Crippen LogP contribution in [0.2, 0.25) is 0 Å². The van der Waals surface area contributed by atoms with Gasteiger partial charge in [-0.25, -0.2) is 0 Å². The van der Waals surface area contributed by atoms with Crippen LogP contribution >= 0.6 is 0 Å². The van der Waals surface area contributed by atoms with Crippen molar-refractivity contribution in [3.05, 3.63) is 0 Å². The standard InChI is InChI=1S/C9H16N2/c1-7(2)3-9-4-8(5-10)6-11-9/h7-9,11H,3-4,6H2,1-2H3. The maximum Gasteiger partial charge on any atom is 0.0669 e. The Labute approximate surface area is 68.6 Å². The predicted molar refractivity (Wildman–Crippen MR) is 45.0 cm³/mol. The summed E-state index contributed by atoms with van der Waals surface area (Å²) in [6, 6.07) is 2.90. The molecule has 1 fully saturated rings. The maximum atomic E-state index is 8.63. The van der Waals surface area contributed by atoms with Gasteiger partial charge in [0.25, 0.3) is 0 Å². The molecule has 11 heavy (non-hydrogen) atoms. The summed E-state index contributed by atoms with van der Waals surface area (Å²) in [6.07, 6.45) is 2.26. The highest BCUT2D eigenvalue weighted by atomic mass is 14.9. The third-order valence-electron chi connectivity index (χ3n) is 2.16. The maximum absolute atomic E-state index is 8.63. The van der Waals surface area contributed by atoms with Crippen molar-refractivity contribution in [3.8, 4) is 6.07 Å². The number of hydrogen-bond donors (Lipinski definition) is 1. The molecule has 2 unspecified atom stereocenters. The Hall–Kier alpha value is -0.550. The Morgan fingerprint density at radius 1 is 1.64 bits per heavy atom. The zero-order valence-corrected chi connectivity index (χ0v) is 7.30. The van der Waals surface area contributed by atoms with Gasteiger partial charge in [0.1, 0.15) is 0 Å². The fourth-order valence-electron chi connectivity index (χ4n) is 1.67. The van der Waals surface area contributed by atoms with Crippen molar-refractivity contribution in [1.82, 2.24) is 5.32 Å². The third kappa shape index (κ3) is 2.51. The summed E-state index contributed by atoms with van der Waals surface area (Å²) in [5, 5.41) is 12.0. The summed E-state index contributed by atoms with van der Waals surface area (Å²) in [4.78, 5) is 0. The number of hydrogen-bond acceptors (Lipinski definition) is 2. The molecule has 1 N–H and O–H groups in total. The molecule has 0 amide bonds. The summed E-state index contributed by atoms with van der Waals surface area (Å²) >= 11 is 0. The van der Waals surface area contributed by atoms with Gasteiger partial charge in [-0.3, -0.25) is 0 Å². The molecular formula is C9H16N2. The SMILES string of the molecule is CC(C)CC1CC(C#N)CN1. The molecule has 0 aromatic carbocycles. The van der Waals surface area contributed by atoms with Crippen LogP contribution in [0, 0.1) is 23.2 Å². The van der Waals surface area contributed by atoms with Crippen molar-refractivity contribution in [1.29, 1.82) is 5.26 Å². The monoisotopic (exact) mass is 152 g/mol. The van der Waals surface area contributed by atoms with E-state index < -0.39 is 0 Å². The van der Waals surface area contributed by atoms with E-state index in [9.17, 15) is 0 Å². The van der Waals surface area contributed by atoms with E-state index in [2.05, 4.69) is 25.2 Å². The van der Waals surface area contributed by atoms with Gasteiger partial charge in [0.2, 0.25) is 0 Å². The highest BCUT2D eigenvalue weighted by Gasteiger charge is 2.23. The number of rotatable bonds is 2. The normalized spacial score (nSPS) is 30.7. The van der Waals surface area contributed by atoms with Crippen molar-refractivity contribution in [2.75, 3.05) is 6.54 Å². The molecule has 0 aromatic heterocycles. The van der Waals surface area contributed by atoms with Gasteiger partial charge >= 0.3 is 0 Å². The average molecular weight is 152 g/mol. The first-order valence-corrected chi connectivity index (χ1v) is 4.35. The highest BCUT2D eigenvalue weighted by Crippen LogP contribution is 2.18. The Kier molecular flexibility index (Phi) is 2.90. The molecule has 0 spiro atoms. The van der Waals surface area contributed by atoms with Crippen LogP contribution in [0.15, 0.2) is 0 Å². The fourth-order valence-corrected chi connectivity index (χ4v) is 1.67. The third-order valence-corrected chi connectivity index (χ3v) is 2.16. The van der Waals surface area contributed by atoms with Gasteiger partial charge in [-0.1, -0.05) is 13.8 Å². The van der Waals surface area contributed by atoms with E-state index >= 15 is 0 Å². The molecule has 0 saturated carbocycles. The largest absolute Gasteiger partial charge is 0.313 e. The Morgan fingerprint density at radius 3 is 2.82 bits per heavy atom. The zero-order valence-electron chi connectivity index (χ0n) is 7.30. The minimum Gasteiger partial charge on any atom is -0.313 e. The molecule has 2 heteroatoms. The van der Waals surface area contributed by atoms with Gasteiger partial charge in [0, 0.05) is 12.6 Å². The van der Waals surface area contributed by atoms with E-state index in [0.717, 1.165) is 18.9 Å². The van der Waals surface area contributed by atoms with E-state index in [4.69, 9.17) is 5.26 Å². The minimum atomic E-state index is 0.263. The van der Waals surface area contributed by atoms with Crippen LogP contribution in [0.1, 0.15) is 26.7 Å². The quantitative estimate of drug-likeness (QED) is 0.651. The molecular weight excluding hydrogens is 136 g/mol. The van der Waals surface area contributed by atoms with Crippen molar-refractivity contribution in [2.24, 2.45) is 11.8 Å². The van der Waals surface area contributed by atoms with Crippen LogP contribution in [0.25, 0.3) is 0 Å². The molecule has 1 aliphatic heterocycles. The van der Waals surface area contributed by atoms with Crippen molar-refractivity contribution >= 4 is 0 Å². The van der Waals surface area contributed by atoms with E-state index in [-0.39, 0.29) is 5.92 Å². The highest BCUT2D eigenvalue weighted by molar-refractivity contribution is 4.93. The van der Waals surface area contributed by atoms with Crippen LogP contribution in [0.5, 0.6) is 0 Å². The molecule has 0 aliphatic carbocycles. The molecule has 1 rings (SSSR count). The number of nitrogens with zero attached hydrogens (tertiary/aromatic N) is 1. The smallest absolute Gasteiger partial charge is 0.0669 e. The molecule has 1 saturated heterocycles. The van der Waals surface area contributed by atoms with E-state index in [1.54, 1.807) is 0 Å². The lowest BCUT2D eigenvalue weighted by Gasteiger charge is -2.11. The zero-order chi connectivity index (χ0) is 8.27. The van der Waals surface area contributed by atoms with Crippen LogP contribution in [-0.4, -0.2) is 12.6 Å². The number of nitrogens with one attached hydrogen (secondary N) is 1. The topological polar surface area (TPSA) is 35.8 Å². The lowest BCUT2D eigenvalue weighted by atomic mass is 9.99. The van der Waals surface area contributed by atoms with Gasteiger partial charge < -0.3 is 5.32 Å². The van der Waals surface area contributed by atoms with Gasteiger partial charge in [-0.15, -0.1) is 0 Å². The molecule has 1 heterocycles. The minimum absolute atomic E-state index is 0.263. The van der Waals surface area contributed by atoms with Crippen molar-refractivity contribution in [2.45, 2.75) is 32.7 Å². The Bertz CT molecular complexity index is 157. The molecule has 0 radical (unpaired) electrons. The summed E-state index contributed by atoms with van der Waals surface area (Å²) in [5.74, 6) is 1.00. The lowest BCUT2D eigenvalue weighted by molar-refractivity contribution is 0.460. The predicted octanol–water partition coefficient (Wildman–Crippen LogP) is 1.53. The van der Waals surface area contributed by atoms with Gasteiger partial charge in [-0.2, -0.15) is 5.26 Å². The lowest BCUT2D eigenvalue weighted by Crippen LogP contribution is -2.22. The van der Waals surface area contributed by atoms with Crippen LogP contribution in [0.3, 0.4) is 0 Å². The van der Waals surface area contributed by atoms with Crippen LogP contribution < -0.4 is 5.32 Å². The van der Waals surface area contributed by atoms with Gasteiger partial charge in [-0.05, 0) is 18.8 Å². The summed E-state index contributed by atoms with van der Waals surface area (Å²) in [5.41, 5.74) is 0. The van der Waals surface area contributed by atoms with Crippen LogP contribution in [0.4, 0.5) is 0 Å². The fraction of sp³-hybridized carbons (Fsp3) is 0.889. The first-order valence-electron chi connectivity index (χ1n) is 4.35. The number of nitriles is 1. The van der Waals surface area contributed by atoms with E-state index in [1.807, 2.05) is 0 Å². The van der Waals surface area contributed by atoms with E-state index in [0.29, 0.717) is 6.04 Å².